The smallest absolute Gasteiger partial charge is 0.301 e. The first-order valence-electron chi connectivity index (χ1n) is 18.5. The Kier molecular flexibility index (Phi) is 10.00. The van der Waals surface area contributed by atoms with Crippen LogP contribution in [0.5, 0.6) is 11.5 Å². The lowest BCUT2D eigenvalue weighted by Crippen LogP contribution is -2.53. The molecule has 2 aliphatic carbocycles. The third-order valence-electron chi connectivity index (χ3n) is 12.0. The number of anilines is 3. The number of nitrogens with zero attached hydrogens (tertiary/aromatic N) is 5. The zero-order valence-corrected chi connectivity index (χ0v) is 34.1. The van der Waals surface area contributed by atoms with Crippen molar-refractivity contribution in [2.45, 2.75) is 24.2 Å². The number of amides is 4. The van der Waals surface area contributed by atoms with Crippen LogP contribution in [-0.4, -0.2) is 64.8 Å². The normalized spacial score (nSPS) is 24.4. The molecule has 3 fully saturated rings. The highest BCUT2D eigenvalue weighted by Gasteiger charge is 2.70. The largest absolute Gasteiger partial charge is 0.508 e. The fourth-order valence-corrected chi connectivity index (χ4v) is 10.4. The van der Waals surface area contributed by atoms with Gasteiger partial charge in [0.2, 0.25) is 11.8 Å². The van der Waals surface area contributed by atoms with E-state index in [-0.39, 0.29) is 45.7 Å². The van der Waals surface area contributed by atoms with Crippen LogP contribution in [0.1, 0.15) is 29.9 Å². The van der Waals surface area contributed by atoms with E-state index in [4.69, 9.17) is 39.5 Å². The van der Waals surface area contributed by atoms with Gasteiger partial charge < -0.3 is 14.7 Å². The zero-order valence-electron chi connectivity index (χ0n) is 31.8. The van der Waals surface area contributed by atoms with Crippen molar-refractivity contribution in [3.63, 3.8) is 0 Å². The van der Waals surface area contributed by atoms with Crippen LogP contribution in [0.15, 0.2) is 84.4 Å². The molecule has 2 aliphatic heterocycles. The summed E-state index contributed by atoms with van der Waals surface area (Å²) in [4.78, 5) is 84.4. The van der Waals surface area contributed by atoms with Crippen LogP contribution >= 0.6 is 34.8 Å². The summed E-state index contributed by atoms with van der Waals surface area (Å²) < 4.78 is 5.43. The zero-order chi connectivity index (χ0) is 43.1. The Morgan fingerprint density at radius 3 is 2.10 bits per heavy atom. The molecule has 4 aromatic rings. The minimum Gasteiger partial charge on any atom is -0.508 e. The summed E-state index contributed by atoms with van der Waals surface area (Å²) in [5, 5.41) is 36.3. The Balaban J connectivity index is 1.32. The van der Waals surface area contributed by atoms with Crippen molar-refractivity contribution < 1.29 is 38.9 Å². The van der Waals surface area contributed by atoms with Gasteiger partial charge in [-0.1, -0.05) is 64.7 Å². The van der Waals surface area contributed by atoms with E-state index in [2.05, 4.69) is 5.43 Å². The predicted molar refractivity (Wildman–Crippen MR) is 220 cm³/mol. The molecule has 308 valence electrons. The maximum absolute atomic E-state index is 15.5. The van der Waals surface area contributed by atoms with E-state index in [1.54, 1.807) is 36.4 Å². The Labute approximate surface area is 356 Å². The fraction of sp³-hybridized carbons (Fsp3) is 0.268. The topological polar surface area (TPSA) is 206 Å². The van der Waals surface area contributed by atoms with Crippen LogP contribution in [0.25, 0.3) is 0 Å². The SMILES string of the molecule is COc1ccc([C@@]23C(=O)N(Nc4ccc(Cl)cc4Cl)C(=O)[C@@H]2C[C@@H]2C(=CC[C@@H]4C(=O)N(c5cc([N+](=O)[O-])c(N(C)C)c([N+](=O)[O-])c5)C(=O)[C@@H]42)[C@@H]3c2ccc(O)cc2Cl)cc1. The van der Waals surface area contributed by atoms with Crippen molar-refractivity contribution in [3.05, 3.63) is 131 Å². The Morgan fingerprint density at radius 2 is 1.52 bits per heavy atom. The molecule has 2 N–H and O–H groups in total. The molecule has 0 radical (unpaired) electrons. The molecule has 6 atom stereocenters. The first kappa shape index (κ1) is 40.5. The van der Waals surface area contributed by atoms with Gasteiger partial charge in [0.15, 0.2) is 5.69 Å². The average molecular weight is 876 g/mol. The van der Waals surface area contributed by atoms with Crippen LogP contribution in [0, 0.1) is 43.9 Å². The van der Waals surface area contributed by atoms with Crippen molar-refractivity contribution >= 4 is 86.9 Å². The number of rotatable bonds is 9. The molecule has 4 aliphatic rings. The first-order valence-corrected chi connectivity index (χ1v) is 19.6. The molecule has 8 rings (SSSR count). The standard InChI is InChI=1S/C41H33Cl3N6O10/c1-46(2)36-32(49(56)57)15-21(16-33(36)50(58)59)47-37(52)26-12-11-24-27(34(26)39(47)54)18-28-38(53)48(45-31-13-6-20(42)14-30(31)44)40(55)41(28,19-4-8-23(60-3)9-5-19)35(24)25-10-7-22(51)17-29(25)43/h4-11,13-17,26-28,34-35,45,51H,12,18H2,1-3H3/t26-,27+,28-,34-,35+,41+/m0/s1. The number of allylic oxidation sites excluding steroid dienone is 2. The third-order valence-corrected chi connectivity index (χ3v) is 12.9. The van der Waals surface area contributed by atoms with Gasteiger partial charge in [-0.3, -0.25) is 44.8 Å². The molecule has 2 heterocycles. The molecule has 1 saturated carbocycles. The van der Waals surface area contributed by atoms with Crippen molar-refractivity contribution in [2.75, 3.05) is 36.4 Å². The number of hydrogen-bond acceptors (Lipinski definition) is 12. The number of carbonyl (C=O) groups excluding carboxylic acids is 4. The number of halogens is 3. The van der Waals surface area contributed by atoms with Gasteiger partial charge in [0.1, 0.15) is 11.5 Å². The number of ether oxygens (including phenoxy) is 1. The number of hydrogen-bond donors (Lipinski definition) is 2. The van der Waals surface area contributed by atoms with E-state index in [1.165, 1.54) is 56.4 Å². The summed E-state index contributed by atoms with van der Waals surface area (Å²) in [5.41, 5.74) is 0.558. The number of hydrazine groups is 1. The maximum atomic E-state index is 15.5. The Bertz CT molecular complexity index is 2570. The second-order valence-corrected chi connectivity index (χ2v) is 16.4. The quantitative estimate of drug-likeness (QED) is 0.0729. The molecular weight excluding hydrogens is 843 g/mol. The molecule has 0 bridgehead atoms. The number of methoxy groups -OCH3 is 1. The molecule has 4 amide bonds. The van der Waals surface area contributed by atoms with Crippen molar-refractivity contribution in [2.24, 2.45) is 23.7 Å². The molecule has 60 heavy (non-hydrogen) atoms. The molecule has 0 aromatic heterocycles. The molecule has 0 unspecified atom stereocenters. The van der Waals surface area contributed by atoms with E-state index < -0.39 is 79.9 Å². The number of nitro groups is 2. The van der Waals surface area contributed by atoms with Gasteiger partial charge in [0, 0.05) is 42.2 Å². The first-order chi connectivity index (χ1) is 28.5. The number of aromatic hydroxyl groups is 1. The number of benzene rings is 4. The minimum absolute atomic E-state index is 0.0302. The van der Waals surface area contributed by atoms with Gasteiger partial charge >= 0.3 is 11.4 Å². The van der Waals surface area contributed by atoms with Crippen LogP contribution < -0.4 is 20.0 Å². The Hall–Kier alpha value is -6.23. The summed E-state index contributed by atoms with van der Waals surface area (Å²) >= 11 is 19.6. The lowest BCUT2D eigenvalue weighted by molar-refractivity contribution is -0.392. The van der Waals surface area contributed by atoms with Crippen LogP contribution in [0.4, 0.5) is 28.4 Å². The van der Waals surface area contributed by atoms with Gasteiger partial charge in [0.05, 0.1) is 56.5 Å². The summed E-state index contributed by atoms with van der Waals surface area (Å²) in [7, 11) is 4.26. The van der Waals surface area contributed by atoms with Crippen LogP contribution in [0.3, 0.4) is 0 Å². The summed E-state index contributed by atoms with van der Waals surface area (Å²) in [6, 6.07) is 17.3. The van der Waals surface area contributed by atoms with Crippen molar-refractivity contribution in [3.8, 4) is 11.5 Å². The van der Waals surface area contributed by atoms with Gasteiger partial charge in [-0.15, -0.1) is 0 Å². The number of imide groups is 2. The number of nitro benzene ring substituents is 2. The second-order valence-electron chi connectivity index (χ2n) is 15.2. The van der Waals surface area contributed by atoms with Gasteiger partial charge in [0.25, 0.3) is 11.8 Å². The summed E-state index contributed by atoms with van der Waals surface area (Å²) in [5.74, 6) is -7.96. The lowest BCUT2D eigenvalue weighted by Gasteiger charge is -2.50. The lowest BCUT2D eigenvalue weighted by atomic mass is 9.49. The minimum atomic E-state index is -1.75. The number of fused-ring (bicyclic) bond motifs is 4. The highest BCUT2D eigenvalue weighted by Crippen LogP contribution is 2.65. The van der Waals surface area contributed by atoms with E-state index >= 15 is 9.59 Å². The number of carbonyl (C=O) groups is 4. The third kappa shape index (κ3) is 6.03. The van der Waals surface area contributed by atoms with Crippen molar-refractivity contribution in [1.82, 2.24) is 5.01 Å². The van der Waals surface area contributed by atoms with Gasteiger partial charge in [-0.25, -0.2) is 4.90 Å². The van der Waals surface area contributed by atoms with E-state index in [1.807, 2.05) is 0 Å². The van der Waals surface area contributed by atoms with E-state index in [9.17, 15) is 34.9 Å². The molecule has 4 aromatic carbocycles. The molecule has 0 spiro atoms. The number of phenolic OH excluding ortho intramolecular Hbond substituents is 1. The highest BCUT2D eigenvalue weighted by molar-refractivity contribution is 6.36. The second kappa shape index (κ2) is 14.8. The number of phenols is 1. The predicted octanol–water partition coefficient (Wildman–Crippen LogP) is 7.43. The number of nitrogens with one attached hydrogen (secondary N) is 1. The Morgan fingerprint density at radius 1 is 0.850 bits per heavy atom. The average Bonchev–Trinajstić information content (AvgIpc) is 3.59. The highest BCUT2D eigenvalue weighted by atomic mass is 35.5. The summed E-state index contributed by atoms with van der Waals surface area (Å²) in [6.45, 7) is 0. The van der Waals surface area contributed by atoms with Crippen LogP contribution in [0.2, 0.25) is 15.1 Å². The van der Waals surface area contributed by atoms with Crippen molar-refractivity contribution in [1.29, 1.82) is 0 Å². The molecule has 16 nitrogen and oxygen atoms in total. The monoisotopic (exact) mass is 874 g/mol. The van der Waals surface area contributed by atoms with Crippen LogP contribution in [-0.2, 0) is 24.6 Å². The van der Waals surface area contributed by atoms with Gasteiger partial charge in [-0.2, -0.15) is 5.01 Å². The van der Waals surface area contributed by atoms with E-state index in [0.29, 0.717) is 27.5 Å². The van der Waals surface area contributed by atoms with E-state index in [0.717, 1.165) is 22.0 Å². The molecule has 19 heteroatoms. The van der Waals surface area contributed by atoms with Gasteiger partial charge in [-0.05, 0) is 72.4 Å². The molecular formula is C41H33Cl3N6O10. The summed E-state index contributed by atoms with van der Waals surface area (Å²) in [6.07, 6.45) is 1.60. The molecule has 2 saturated heterocycles. The fourth-order valence-electron chi connectivity index (χ4n) is 9.65. The maximum Gasteiger partial charge on any atom is 0.301 e.